The van der Waals surface area contributed by atoms with E-state index in [0.717, 1.165) is 76.0 Å². The fourth-order valence-corrected chi connectivity index (χ4v) is 10.5. The molecule has 3 N–H and O–H groups in total. The number of anilines is 2. The van der Waals surface area contributed by atoms with Crippen molar-refractivity contribution in [2.45, 2.75) is 92.8 Å². The molecule has 2 fully saturated rings. The number of carbonyl (C=O) groups excluding carboxylic acids is 1. The summed E-state index contributed by atoms with van der Waals surface area (Å²) in [6.45, 7) is 21.5. The van der Waals surface area contributed by atoms with Crippen molar-refractivity contribution < 1.29 is 22.7 Å². The highest BCUT2D eigenvalue weighted by atomic mass is 35.5. The molecule has 0 spiro atoms. The molecule has 7 nitrogen and oxygen atoms in total. The van der Waals surface area contributed by atoms with Crippen LogP contribution in [0, 0.1) is 12.3 Å². The van der Waals surface area contributed by atoms with Crippen molar-refractivity contribution in [3.8, 4) is 0 Å². The number of benzene rings is 4. The summed E-state index contributed by atoms with van der Waals surface area (Å²) in [5.74, 6) is 1.22. The van der Waals surface area contributed by atoms with Gasteiger partial charge in [-0.3, -0.25) is 19.3 Å². The Labute approximate surface area is 404 Å². The average Bonchev–Trinajstić information content (AvgIpc) is 3.28. The molecule has 65 heavy (non-hydrogen) atoms. The molecule has 0 radical (unpaired) electrons. The number of rotatable bonds is 15. The molecule has 354 valence electrons. The van der Waals surface area contributed by atoms with Crippen LogP contribution in [-0.2, 0) is 9.53 Å². The van der Waals surface area contributed by atoms with Crippen molar-refractivity contribution in [3.63, 3.8) is 0 Å². The molecule has 4 aromatic carbocycles. The summed E-state index contributed by atoms with van der Waals surface area (Å²) in [4.78, 5) is 19.8. The highest BCUT2D eigenvalue weighted by Crippen LogP contribution is 2.44. The third kappa shape index (κ3) is 18.4. The molecule has 0 atom stereocenters. The lowest BCUT2D eigenvalue weighted by molar-refractivity contribution is -0.107. The van der Waals surface area contributed by atoms with Gasteiger partial charge >= 0.3 is 5.51 Å². The zero-order valence-corrected chi connectivity index (χ0v) is 41.8. The monoisotopic (exact) mass is 969 g/mol. The number of morpholine rings is 1. The highest BCUT2D eigenvalue weighted by molar-refractivity contribution is 8.00. The van der Waals surface area contributed by atoms with E-state index in [9.17, 15) is 18.0 Å². The molecule has 0 bridgehead atoms. The predicted octanol–water partition coefficient (Wildman–Crippen LogP) is 13.1. The van der Waals surface area contributed by atoms with Crippen molar-refractivity contribution in [1.29, 1.82) is 0 Å². The van der Waals surface area contributed by atoms with Gasteiger partial charge in [-0.1, -0.05) is 92.9 Å². The molecule has 7 rings (SSSR count). The van der Waals surface area contributed by atoms with Crippen LogP contribution >= 0.6 is 47.1 Å². The largest absolute Gasteiger partial charge is 0.446 e. The lowest BCUT2D eigenvalue weighted by Gasteiger charge is -2.39. The minimum Gasteiger partial charge on any atom is -0.398 e. The minimum atomic E-state index is -4.40. The summed E-state index contributed by atoms with van der Waals surface area (Å²) in [6, 6.07) is 31.1. The van der Waals surface area contributed by atoms with Crippen LogP contribution in [-0.4, -0.2) is 93.0 Å². The highest BCUT2D eigenvalue weighted by Gasteiger charge is 2.32. The maximum absolute atomic E-state index is 12.5. The van der Waals surface area contributed by atoms with Crippen LogP contribution in [0.2, 0.25) is 5.02 Å². The minimum absolute atomic E-state index is 0.00985. The molecular weight excluding hydrogens is 903 g/mol. The second-order valence-electron chi connectivity index (χ2n) is 17.8. The van der Waals surface area contributed by atoms with E-state index in [2.05, 4.69) is 107 Å². The van der Waals surface area contributed by atoms with E-state index in [4.69, 9.17) is 22.1 Å². The Morgan fingerprint density at radius 3 is 2.18 bits per heavy atom. The zero-order chi connectivity index (χ0) is 46.8. The smallest absolute Gasteiger partial charge is 0.398 e. The number of allylic oxidation sites excluding steroid dienone is 1. The Morgan fingerprint density at radius 2 is 1.55 bits per heavy atom. The fourth-order valence-electron chi connectivity index (χ4n) is 8.18. The maximum atomic E-state index is 12.5. The molecule has 1 amide bonds. The van der Waals surface area contributed by atoms with E-state index in [0.29, 0.717) is 22.3 Å². The van der Waals surface area contributed by atoms with Crippen molar-refractivity contribution in [2.75, 3.05) is 82.0 Å². The number of nitrogens with zero attached hydrogens (tertiary/aromatic N) is 3. The summed E-state index contributed by atoms with van der Waals surface area (Å²) in [6.07, 6.45) is 6.70. The zero-order valence-electron chi connectivity index (χ0n) is 38.6. The van der Waals surface area contributed by atoms with Crippen LogP contribution in [0.25, 0.3) is 5.57 Å². The quantitative estimate of drug-likeness (QED) is 0.0398. The Kier molecular flexibility index (Phi) is 21.3. The van der Waals surface area contributed by atoms with Crippen LogP contribution in [0.5, 0.6) is 0 Å². The van der Waals surface area contributed by atoms with Gasteiger partial charge in [0.15, 0.2) is 0 Å². The SMILES string of the molecule is CC(C)c1cc(SNC=O)cc(SC(F)(F)F)c1N.Cc1ccc(N2CCN(CC3=C(c4ccc(Cl)cc4)CCC(C)(C)C3)CC2)cc1.c1ccc(SCCCCN2CCOCC2)cc1. The lowest BCUT2D eigenvalue weighted by atomic mass is 9.73. The predicted molar refractivity (Wildman–Crippen MR) is 271 cm³/mol. The summed E-state index contributed by atoms with van der Waals surface area (Å²) in [7, 11) is 0. The lowest BCUT2D eigenvalue weighted by Crippen LogP contribution is -2.47. The van der Waals surface area contributed by atoms with Gasteiger partial charge in [0.2, 0.25) is 6.41 Å². The van der Waals surface area contributed by atoms with Crippen molar-refractivity contribution in [3.05, 3.63) is 118 Å². The van der Waals surface area contributed by atoms with Gasteiger partial charge in [0.1, 0.15) is 0 Å². The molecule has 0 unspecified atom stereocenters. The molecular formula is C51H67ClF3N5O2S3. The molecule has 2 heterocycles. The van der Waals surface area contributed by atoms with Gasteiger partial charge in [-0.2, -0.15) is 13.2 Å². The Morgan fingerprint density at radius 1 is 0.877 bits per heavy atom. The number of alkyl halides is 3. The number of piperazine rings is 1. The van der Waals surface area contributed by atoms with Crippen LogP contribution in [0.3, 0.4) is 0 Å². The Hall–Kier alpha value is -3.30. The van der Waals surface area contributed by atoms with E-state index >= 15 is 0 Å². The molecule has 1 aliphatic carbocycles. The summed E-state index contributed by atoms with van der Waals surface area (Å²) in [5, 5.41) is 0.819. The van der Waals surface area contributed by atoms with E-state index in [-0.39, 0.29) is 28.3 Å². The van der Waals surface area contributed by atoms with Crippen LogP contribution in [0.4, 0.5) is 24.5 Å². The molecule has 2 aliphatic heterocycles. The van der Waals surface area contributed by atoms with Crippen LogP contribution in [0.1, 0.15) is 82.4 Å². The second kappa shape index (κ2) is 26.3. The van der Waals surface area contributed by atoms with E-state index in [1.165, 1.54) is 72.2 Å². The van der Waals surface area contributed by atoms with Crippen molar-refractivity contribution in [2.24, 2.45) is 5.41 Å². The first-order valence-corrected chi connectivity index (χ1v) is 25.6. The first-order chi connectivity index (χ1) is 31.1. The number of amides is 1. The molecule has 2 saturated heterocycles. The Bertz CT molecular complexity index is 2080. The van der Waals surface area contributed by atoms with Gasteiger partial charge in [-0.15, -0.1) is 11.8 Å². The van der Waals surface area contributed by atoms with Gasteiger partial charge < -0.3 is 15.4 Å². The van der Waals surface area contributed by atoms with Gasteiger partial charge in [0.25, 0.3) is 0 Å². The number of halogens is 4. The molecule has 4 aromatic rings. The van der Waals surface area contributed by atoms with E-state index in [1.54, 1.807) is 17.2 Å². The summed E-state index contributed by atoms with van der Waals surface area (Å²) >= 11 is 8.79. The third-order valence-electron chi connectivity index (χ3n) is 11.8. The topological polar surface area (TPSA) is 74.1 Å². The number of hydrogen-bond donors (Lipinski definition) is 2. The number of aryl methyl sites for hydroxylation is 1. The average molecular weight is 971 g/mol. The number of nitrogens with one attached hydrogen (secondary N) is 1. The van der Waals surface area contributed by atoms with Gasteiger partial charge in [-0.25, -0.2) is 0 Å². The standard InChI is InChI=1S/C26H33ClN2.C14H21NOS.C11H13F3N2OS2/c1-20-4-10-24(11-5-20)29-16-14-28(15-17-29)19-22-18-26(2,3)13-12-25(22)21-6-8-23(27)9-7-21;1-2-6-14(7-3-1)17-13-5-4-8-15-9-11-16-12-10-15;1-6(2)8-3-7(19-16-5-17)4-9(10(8)15)18-11(12,13)14/h4-11H,12-19H2,1-3H3;1-3,6-7H,4-5,8-13H2;3-6H,15H2,1-2H3,(H,16,17). The Balaban J connectivity index is 0.000000193. The normalized spacial score (nSPS) is 16.9. The second-order valence-corrected chi connectivity index (χ2v) is 21.4. The fraction of sp³-hybridized carbons (Fsp3) is 0.471. The number of carbonyl (C=O) groups is 1. The number of unbranched alkanes of at least 4 members (excludes halogenated alkanes) is 1. The molecule has 0 aromatic heterocycles. The first-order valence-electron chi connectivity index (χ1n) is 22.6. The third-order valence-corrected chi connectivity index (χ3v) is 14.6. The molecule has 14 heteroatoms. The van der Waals surface area contributed by atoms with Gasteiger partial charge in [0, 0.05) is 76.9 Å². The van der Waals surface area contributed by atoms with Crippen LogP contribution in [0.15, 0.2) is 111 Å². The number of hydrogen-bond acceptors (Lipinski definition) is 9. The molecule has 3 aliphatic rings. The summed E-state index contributed by atoms with van der Waals surface area (Å²) < 4.78 is 45.1. The number of ether oxygens (including phenoxy) is 1. The van der Waals surface area contributed by atoms with Crippen molar-refractivity contribution >= 4 is 70.4 Å². The van der Waals surface area contributed by atoms with Gasteiger partial charge in [0.05, 0.1) is 13.2 Å². The first kappa shape index (κ1) is 52.7. The molecule has 0 saturated carbocycles. The van der Waals surface area contributed by atoms with Crippen LogP contribution < -0.4 is 15.4 Å². The van der Waals surface area contributed by atoms with Gasteiger partial charge in [-0.05, 0) is 152 Å². The van der Waals surface area contributed by atoms with E-state index in [1.807, 2.05) is 37.7 Å². The number of nitrogen functional groups attached to an aromatic ring is 1. The summed E-state index contributed by atoms with van der Waals surface area (Å²) in [5.41, 5.74) is 9.76. The number of thioether (sulfide) groups is 2. The van der Waals surface area contributed by atoms with Crippen molar-refractivity contribution in [1.82, 2.24) is 14.5 Å². The maximum Gasteiger partial charge on any atom is 0.446 e. The van der Waals surface area contributed by atoms with E-state index < -0.39 is 5.51 Å². The number of nitrogens with two attached hydrogens (primary N) is 1.